The summed E-state index contributed by atoms with van der Waals surface area (Å²) < 4.78 is 5.44. The smallest absolute Gasteiger partial charge is 0.0762 e. The van der Waals surface area contributed by atoms with Gasteiger partial charge >= 0.3 is 0 Å². The van der Waals surface area contributed by atoms with E-state index in [9.17, 15) is 0 Å². The van der Waals surface area contributed by atoms with E-state index in [4.69, 9.17) is 5.10 Å². The highest BCUT2D eigenvalue weighted by Crippen LogP contribution is 2.37. The van der Waals surface area contributed by atoms with Gasteiger partial charge in [-0.2, -0.15) is 5.10 Å². The van der Waals surface area contributed by atoms with Crippen LogP contribution >= 0.6 is 15.9 Å². The van der Waals surface area contributed by atoms with Crippen LogP contribution in [0.1, 0.15) is 0 Å². The molecule has 2 aromatic heterocycles. The number of rotatable bonds is 2. The first-order valence-corrected chi connectivity index (χ1v) is 10.3. The van der Waals surface area contributed by atoms with Gasteiger partial charge in [-0.1, -0.05) is 52.3 Å². The number of aromatic nitrogens is 3. The molecule has 0 aliphatic carbocycles. The van der Waals surface area contributed by atoms with Gasteiger partial charge in [0.2, 0.25) is 0 Å². The summed E-state index contributed by atoms with van der Waals surface area (Å²) >= 11 is 3.64. The van der Waals surface area contributed by atoms with Crippen molar-refractivity contribution < 1.29 is 0 Å². The summed E-state index contributed by atoms with van der Waals surface area (Å²) in [4.78, 5) is 0. The third-order valence-electron chi connectivity index (χ3n) is 5.45. The van der Waals surface area contributed by atoms with Crippen LogP contribution in [0.15, 0.2) is 102 Å². The Bertz CT molecular complexity index is 1500. The van der Waals surface area contributed by atoms with Gasteiger partial charge < -0.3 is 4.57 Å². The van der Waals surface area contributed by atoms with Crippen LogP contribution in [0.25, 0.3) is 44.1 Å². The van der Waals surface area contributed by atoms with E-state index in [1.54, 1.807) is 0 Å². The zero-order valence-corrected chi connectivity index (χ0v) is 17.0. The molecule has 0 aliphatic heterocycles. The molecule has 0 bridgehead atoms. The lowest BCUT2D eigenvalue weighted by Gasteiger charge is -2.08. The molecule has 29 heavy (non-hydrogen) atoms. The van der Waals surface area contributed by atoms with Gasteiger partial charge in [0.25, 0.3) is 0 Å². The highest BCUT2D eigenvalue weighted by atomic mass is 79.9. The van der Waals surface area contributed by atoms with Crippen LogP contribution in [-0.4, -0.2) is 14.3 Å². The largest absolute Gasteiger partial charge is 0.309 e. The van der Waals surface area contributed by atoms with Crippen LogP contribution in [0, 0.1) is 0 Å². The first-order chi connectivity index (χ1) is 14.3. The maximum atomic E-state index is 4.73. The fraction of sp³-hybridized carbons (Fsp3) is 0. The molecule has 0 N–H and O–H groups in total. The van der Waals surface area contributed by atoms with Crippen LogP contribution < -0.4 is 0 Å². The van der Waals surface area contributed by atoms with E-state index in [-0.39, 0.29) is 0 Å². The first kappa shape index (κ1) is 16.6. The molecular weight excluding hydrogens is 422 g/mol. The summed E-state index contributed by atoms with van der Waals surface area (Å²) in [7, 11) is 0. The Morgan fingerprint density at radius 3 is 2.07 bits per heavy atom. The maximum absolute atomic E-state index is 4.73. The summed E-state index contributed by atoms with van der Waals surface area (Å²) in [6.45, 7) is 0. The van der Waals surface area contributed by atoms with Gasteiger partial charge in [-0.3, -0.25) is 0 Å². The molecule has 4 aromatic carbocycles. The van der Waals surface area contributed by atoms with E-state index in [0.29, 0.717) is 0 Å². The zero-order valence-electron chi connectivity index (χ0n) is 15.5. The molecule has 4 heteroatoms. The normalized spacial score (nSPS) is 11.6. The van der Waals surface area contributed by atoms with E-state index in [1.165, 1.54) is 21.8 Å². The molecule has 0 fully saturated rings. The van der Waals surface area contributed by atoms with Crippen molar-refractivity contribution in [3.8, 4) is 11.4 Å². The second kappa shape index (κ2) is 6.33. The number of fused-ring (bicyclic) bond motifs is 5. The van der Waals surface area contributed by atoms with Crippen molar-refractivity contribution in [3.05, 3.63) is 102 Å². The number of para-hydroxylation sites is 2. The average Bonchev–Trinajstić information content (AvgIpc) is 3.34. The third kappa shape index (κ3) is 2.46. The Balaban J connectivity index is 1.79. The van der Waals surface area contributed by atoms with Gasteiger partial charge in [0.05, 0.1) is 28.4 Å². The predicted molar refractivity (Wildman–Crippen MR) is 123 cm³/mol. The van der Waals surface area contributed by atoms with E-state index in [2.05, 4.69) is 93.3 Å². The van der Waals surface area contributed by atoms with Crippen LogP contribution in [0.3, 0.4) is 0 Å². The van der Waals surface area contributed by atoms with E-state index in [1.807, 2.05) is 29.1 Å². The second-order valence-electron chi connectivity index (χ2n) is 7.12. The second-order valence-corrected chi connectivity index (χ2v) is 8.03. The maximum Gasteiger partial charge on any atom is 0.0762 e. The predicted octanol–water partition coefficient (Wildman–Crippen LogP) is 6.89. The van der Waals surface area contributed by atoms with Crippen molar-refractivity contribution in [3.63, 3.8) is 0 Å². The molecule has 0 spiro atoms. The van der Waals surface area contributed by atoms with Crippen molar-refractivity contribution >= 4 is 48.6 Å². The van der Waals surface area contributed by atoms with Gasteiger partial charge in [0, 0.05) is 26.3 Å². The molecule has 138 valence electrons. The molecule has 0 aliphatic rings. The fourth-order valence-corrected chi connectivity index (χ4v) is 4.57. The lowest BCUT2D eigenvalue weighted by atomic mass is 10.1. The molecule has 2 heterocycles. The van der Waals surface area contributed by atoms with Crippen LogP contribution in [-0.2, 0) is 0 Å². The zero-order chi connectivity index (χ0) is 19.4. The minimum Gasteiger partial charge on any atom is -0.309 e. The molecule has 0 unspecified atom stereocenters. The Hall–Kier alpha value is -3.37. The topological polar surface area (TPSA) is 22.8 Å². The molecule has 0 saturated heterocycles. The molecular formula is C25H16BrN3. The number of halogens is 1. The minimum atomic E-state index is 1.06. The molecule has 0 radical (unpaired) electrons. The van der Waals surface area contributed by atoms with Gasteiger partial charge in [-0.05, 0) is 54.6 Å². The minimum absolute atomic E-state index is 1.06. The van der Waals surface area contributed by atoms with Crippen molar-refractivity contribution in [1.29, 1.82) is 0 Å². The first-order valence-electron chi connectivity index (χ1n) is 9.52. The SMILES string of the molecule is Brc1ccc2c(c1)c1ccc3c(cnn3-c3ccccc3)c1n2-c1ccccc1. The van der Waals surface area contributed by atoms with E-state index >= 15 is 0 Å². The van der Waals surface area contributed by atoms with Crippen molar-refractivity contribution in [2.45, 2.75) is 0 Å². The summed E-state index contributed by atoms with van der Waals surface area (Å²) in [5.41, 5.74) is 5.68. The highest BCUT2D eigenvalue weighted by molar-refractivity contribution is 9.10. The number of hydrogen-bond acceptors (Lipinski definition) is 1. The monoisotopic (exact) mass is 437 g/mol. The molecule has 0 saturated carbocycles. The number of hydrogen-bond donors (Lipinski definition) is 0. The molecule has 6 rings (SSSR count). The summed E-state index contributed by atoms with van der Waals surface area (Å²) in [6.07, 6.45) is 1.98. The van der Waals surface area contributed by atoms with E-state index in [0.717, 1.165) is 26.8 Å². The number of benzene rings is 4. The van der Waals surface area contributed by atoms with E-state index < -0.39 is 0 Å². The lowest BCUT2D eigenvalue weighted by molar-refractivity contribution is 0.911. The summed E-state index contributed by atoms with van der Waals surface area (Å²) in [6, 6.07) is 31.7. The van der Waals surface area contributed by atoms with Gasteiger partial charge in [-0.15, -0.1) is 0 Å². The average molecular weight is 438 g/mol. The van der Waals surface area contributed by atoms with Gasteiger partial charge in [0.15, 0.2) is 0 Å². The fourth-order valence-electron chi connectivity index (χ4n) is 4.20. The molecule has 6 aromatic rings. The molecule has 0 atom stereocenters. The lowest BCUT2D eigenvalue weighted by Crippen LogP contribution is -1.96. The molecule has 3 nitrogen and oxygen atoms in total. The Labute approximate surface area is 175 Å². The van der Waals surface area contributed by atoms with Crippen LogP contribution in [0.2, 0.25) is 0 Å². The van der Waals surface area contributed by atoms with Crippen molar-refractivity contribution in [1.82, 2.24) is 14.3 Å². The standard InChI is InChI=1S/C25H16BrN3/c26-17-11-13-23-21(15-17)20-12-14-24-22(16-27-29(24)19-9-5-2-6-10-19)25(20)28(23)18-7-3-1-4-8-18/h1-16H. The number of nitrogens with zero attached hydrogens (tertiary/aromatic N) is 3. The van der Waals surface area contributed by atoms with Gasteiger partial charge in [0.1, 0.15) is 0 Å². The molecule has 0 amide bonds. The Morgan fingerprint density at radius 1 is 0.621 bits per heavy atom. The Morgan fingerprint density at radius 2 is 1.31 bits per heavy atom. The summed E-state index contributed by atoms with van der Waals surface area (Å²) in [5.74, 6) is 0. The van der Waals surface area contributed by atoms with Crippen molar-refractivity contribution in [2.24, 2.45) is 0 Å². The third-order valence-corrected chi connectivity index (χ3v) is 5.95. The quantitative estimate of drug-likeness (QED) is 0.289. The van der Waals surface area contributed by atoms with Crippen LogP contribution in [0.5, 0.6) is 0 Å². The van der Waals surface area contributed by atoms with Crippen LogP contribution in [0.4, 0.5) is 0 Å². The summed E-state index contributed by atoms with van der Waals surface area (Å²) in [5, 5.41) is 8.33. The van der Waals surface area contributed by atoms with Crippen molar-refractivity contribution in [2.75, 3.05) is 0 Å². The highest BCUT2D eigenvalue weighted by Gasteiger charge is 2.17. The Kier molecular flexibility index (Phi) is 3.61. The van der Waals surface area contributed by atoms with Gasteiger partial charge in [-0.25, -0.2) is 4.68 Å².